The molecule has 2 aromatic heterocycles. The first-order valence-corrected chi connectivity index (χ1v) is 11.0. The van der Waals surface area contributed by atoms with Crippen LogP contribution in [0.25, 0.3) is 5.95 Å². The molecule has 0 saturated heterocycles. The molecule has 0 fully saturated rings. The van der Waals surface area contributed by atoms with E-state index in [0.717, 1.165) is 17.7 Å². The number of halogens is 4. The second-order valence-electron chi connectivity index (χ2n) is 7.76. The smallest absolute Gasteiger partial charge is 0.416 e. The fourth-order valence-corrected chi connectivity index (χ4v) is 3.82. The molecule has 36 heavy (non-hydrogen) atoms. The van der Waals surface area contributed by atoms with Gasteiger partial charge in [-0.15, -0.1) is 0 Å². The number of methoxy groups -OCH3 is 1. The Bertz CT molecular complexity index is 1350. The summed E-state index contributed by atoms with van der Waals surface area (Å²) in [5.41, 5.74) is -0.510. The average Bonchev–Trinajstić information content (AvgIpc) is 3.36. The van der Waals surface area contributed by atoms with Gasteiger partial charge in [-0.25, -0.2) is 15.0 Å². The zero-order valence-corrected chi connectivity index (χ0v) is 19.9. The predicted molar refractivity (Wildman–Crippen MR) is 125 cm³/mol. The lowest BCUT2D eigenvalue weighted by Gasteiger charge is -2.29. The Morgan fingerprint density at radius 1 is 1.11 bits per heavy atom. The lowest BCUT2D eigenvalue weighted by molar-refractivity contribution is -0.137. The van der Waals surface area contributed by atoms with Crippen molar-refractivity contribution in [1.82, 2.24) is 29.6 Å². The molecule has 0 spiro atoms. The van der Waals surface area contributed by atoms with Crippen LogP contribution in [-0.4, -0.2) is 42.6 Å². The van der Waals surface area contributed by atoms with Crippen molar-refractivity contribution in [2.24, 2.45) is 0 Å². The zero-order chi connectivity index (χ0) is 25.9. The summed E-state index contributed by atoms with van der Waals surface area (Å²) in [6, 6.07) is 10.6. The van der Waals surface area contributed by atoms with E-state index in [1.807, 2.05) is 0 Å². The van der Waals surface area contributed by atoms with Crippen molar-refractivity contribution in [2.75, 3.05) is 7.11 Å². The molecule has 0 N–H and O–H groups in total. The number of ether oxygens (including phenoxy) is 1. The number of aromatic nitrogens is 5. The Labute approximate surface area is 209 Å². The van der Waals surface area contributed by atoms with E-state index in [-0.39, 0.29) is 23.1 Å². The average molecular weight is 517 g/mol. The van der Waals surface area contributed by atoms with Crippen molar-refractivity contribution in [2.45, 2.75) is 25.7 Å². The van der Waals surface area contributed by atoms with Gasteiger partial charge in [0.1, 0.15) is 12.1 Å². The van der Waals surface area contributed by atoms with Crippen molar-refractivity contribution in [3.8, 4) is 11.7 Å². The second-order valence-corrected chi connectivity index (χ2v) is 8.20. The molecule has 2 aromatic carbocycles. The summed E-state index contributed by atoms with van der Waals surface area (Å²) >= 11 is 5.96. The van der Waals surface area contributed by atoms with Crippen LogP contribution in [0, 0.1) is 0 Å². The van der Waals surface area contributed by atoms with Gasteiger partial charge in [0.2, 0.25) is 0 Å². The molecule has 0 radical (unpaired) electrons. The summed E-state index contributed by atoms with van der Waals surface area (Å²) in [7, 11) is 1.53. The Kier molecular flexibility index (Phi) is 7.20. The van der Waals surface area contributed by atoms with Crippen molar-refractivity contribution in [3.05, 3.63) is 94.8 Å². The fraction of sp³-hybridized carbons (Fsp3) is 0.208. The normalized spacial score (nSPS) is 12.3. The van der Waals surface area contributed by atoms with Gasteiger partial charge in [0, 0.05) is 29.5 Å². The SMILES string of the molecule is COc1ccc(CN(C(=O)c2cc(Cl)cc(C(F)(F)F)c2)C(C)c2ncnn2-c2ncccn2)cc1. The number of hydrogen-bond acceptors (Lipinski definition) is 6. The third-order valence-corrected chi connectivity index (χ3v) is 5.62. The van der Waals surface area contributed by atoms with Crippen LogP contribution in [0.5, 0.6) is 5.75 Å². The van der Waals surface area contributed by atoms with E-state index >= 15 is 0 Å². The van der Waals surface area contributed by atoms with E-state index in [9.17, 15) is 18.0 Å². The first-order valence-electron chi connectivity index (χ1n) is 10.7. The first kappa shape index (κ1) is 25.1. The number of benzene rings is 2. The van der Waals surface area contributed by atoms with Gasteiger partial charge in [-0.3, -0.25) is 4.79 Å². The highest BCUT2D eigenvalue weighted by atomic mass is 35.5. The molecular weight excluding hydrogens is 497 g/mol. The number of carbonyl (C=O) groups is 1. The van der Waals surface area contributed by atoms with Gasteiger partial charge in [0.15, 0.2) is 5.82 Å². The topological polar surface area (TPSA) is 86.0 Å². The molecule has 0 bridgehead atoms. The molecule has 2 heterocycles. The molecule has 0 aliphatic carbocycles. The second kappa shape index (κ2) is 10.3. The van der Waals surface area contributed by atoms with Gasteiger partial charge in [-0.05, 0) is 48.9 Å². The van der Waals surface area contributed by atoms with Crippen LogP contribution in [0.1, 0.15) is 40.3 Å². The highest BCUT2D eigenvalue weighted by Gasteiger charge is 2.33. The van der Waals surface area contributed by atoms with E-state index in [1.54, 1.807) is 37.3 Å². The Morgan fingerprint density at radius 2 is 1.81 bits per heavy atom. The highest BCUT2D eigenvalue weighted by molar-refractivity contribution is 6.31. The van der Waals surface area contributed by atoms with Gasteiger partial charge in [-0.2, -0.15) is 23.0 Å². The highest BCUT2D eigenvalue weighted by Crippen LogP contribution is 2.33. The number of alkyl halides is 3. The van der Waals surface area contributed by atoms with E-state index in [2.05, 4.69) is 20.1 Å². The lowest BCUT2D eigenvalue weighted by Crippen LogP contribution is -2.35. The summed E-state index contributed by atoms with van der Waals surface area (Å²) < 4.78 is 46.8. The summed E-state index contributed by atoms with van der Waals surface area (Å²) in [6.45, 7) is 1.75. The summed E-state index contributed by atoms with van der Waals surface area (Å²) in [5, 5.41) is 3.97. The van der Waals surface area contributed by atoms with Gasteiger partial charge >= 0.3 is 6.18 Å². The molecule has 1 atom stereocenters. The molecule has 8 nitrogen and oxygen atoms in total. The van der Waals surface area contributed by atoms with Gasteiger partial charge < -0.3 is 9.64 Å². The van der Waals surface area contributed by atoms with E-state index < -0.39 is 23.7 Å². The zero-order valence-electron chi connectivity index (χ0n) is 19.1. The largest absolute Gasteiger partial charge is 0.497 e. The van der Waals surface area contributed by atoms with Crippen LogP contribution >= 0.6 is 11.6 Å². The minimum Gasteiger partial charge on any atom is -0.497 e. The lowest BCUT2D eigenvalue weighted by atomic mass is 10.1. The molecule has 4 aromatic rings. The fourth-order valence-electron chi connectivity index (χ4n) is 3.58. The summed E-state index contributed by atoms with van der Waals surface area (Å²) in [4.78, 5) is 27.7. The predicted octanol–water partition coefficient (Wildman–Crippen LogP) is 5.14. The van der Waals surface area contributed by atoms with Crippen molar-refractivity contribution >= 4 is 17.5 Å². The van der Waals surface area contributed by atoms with Crippen molar-refractivity contribution in [3.63, 3.8) is 0 Å². The van der Waals surface area contributed by atoms with Crippen LogP contribution < -0.4 is 4.74 Å². The molecule has 4 rings (SSSR count). The maximum atomic E-state index is 13.7. The number of nitrogens with zero attached hydrogens (tertiary/aromatic N) is 6. The summed E-state index contributed by atoms with van der Waals surface area (Å²) in [6.07, 6.45) is -0.316. The number of amides is 1. The standard InChI is InChI=1S/C24H20ClF3N6O2/c1-15(21-31-14-32-34(21)23-29-8-3-9-30-23)33(13-16-4-6-20(36-2)7-5-16)22(35)17-10-18(24(26,27)28)12-19(25)11-17/h3-12,14-15H,13H2,1-2H3. The number of hydrogen-bond donors (Lipinski definition) is 0. The molecule has 0 aliphatic heterocycles. The van der Waals surface area contributed by atoms with Crippen LogP contribution in [0.4, 0.5) is 13.2 Å². The monoisotopic (exact) mass is 516 g/mol. The molecule has 1 unspecified atom stereocenters. The van der Waals surface area contributed by atoms with Crippen molar-refractivity contribution in [1.29, 1.82) is 0 Å². The van der Waals surface area contributed by atoms with Crippen molar-refractivity contribution < 1.29 is 22.7 Å². The third-order valence-electron chi connectivity index (χ3n) is 5.40. The van der Waals surface area contributed by atoms with E-state index in [1.165, 1.54) is 41.5 Å². The molecule has 1 amide bonds. The van der Waals surface area contributed by atoms with E-state index in [4.69, 9.17) is 16.3 Å². The molecule has 186 valence electrons. The van der Waals surface area contributed by atoms with Crippen LogP contribution in [-0.2, 0) is 12.7 Å². The van der Waals surface area contributed by atoms with Gasteiger partial charge in [-0.1, -0.05) is 23.7 Å². The van der Waals surface area contributed by atoms with Gasteiger partial charge in [0.05, 0.1) is 18.7 Å². The van der Waals surface area contributed by atoms with E-state index in [0.29, 0.717) is 11.6 Å². The maximum Gasteiger partial charge on any atom is 0.416 e. The number of carbonyl (C=O) groups excluding carboxylic acids is 1. The minimum atomic E-state index is -4.67. The van der Waals surface area contributed by atoms with Crippen LogP contribution in [0.2, 0.25) is 5.02 Å². The maximum absolute atomic E-state index is 13.7. The first-order chi connectivity index (χ1) is 17.2. The minimum absolute atomic E-state index is 0.0559. The molecular formula is C24H20ClF3N6O2. The van der Waals surface area contributed by atoms with Gasteiger partial charge in [0.25, 0.3) is 11.9 Å². The Hall–Kier alpha value is -3.99. The van der Waals surface area contributed by atoms with Crippen LogP contribution in [0.15, 0.2) is 67.3 Å². The summed E-state index contributed by atoms with van der Waals surface area (Å²) in [5.74, 6) is 0.502. The van der Waals surface area contributed by atoms with Crippen LogP contribution in [0.3, 0.4) is 0 Å². The quantitative estimate of drug-likeness (QED) is 0.338. The third kappa shape index (κ3) is 5.46. The Morgan fingerprint density at radius 3 is 2.44 bits per heavy atom. The molecule has 0 aliphatic rings. The number of rotatable bonds is 7. The molecule has 0 saturated carbocycles. The molecule has 12 heteroatoms. The Balaban J connectivity index is 1.76.